The maximum atomic E-state index is 11.1. The molecule has 0 spiro atoms. The Morgan fingerprint density at radius 2 is 2.44 bits per heavy atom. The van der Waals surface area contributed by atoms with Gasteiger partial charge in [0.1, 0.15) is 6.33 Å². The van der Waals surface area contributed by atoms with Crippen molar-refractivity contribution in [3.63, 3.8) is 0 Å². The van der Waals surface area contributed by atoms with E-state index in [1.165, 1.54) is 6.33 Å². The van der Waals surface area contributed by atoms with E-state index in [0.29, 0.717) is 5.82 Å². The summed E-state index contributed by atoms with van der Waals surface area (Å²) in [5, 5.41) is 11.1. The molecule has 1 aliphatic heterocycles. The summed E-state index contributed by atoms with van der Waals surface area (Å²) in [7, 11) is 1.81. The van der Waals surface area contributed by atoms with Gasteiger partial charge >= 0.3 is 5.69 Å². The van der Waals surface area contributed by atoms with Crippen molar-refractivity contribution in [2.75, 3.05) is 28.9 Å². The molecule has 0 amide bonds. The molecular formula is C9H14N6O2S. The van der Waals surface area contributed by atoms with Crippen molar-refractivity contribution in [1.29, 1.82) is 0 Å². The van der Waals surface area contributed by atoms with Crippen molar-refractivity contribution in [2.24, 2.45) is 5.84 Å². The Labute approximate surface area is 108 Å². The van der Waals surface area contributed by atoms with Crippen molar-refractivity contribution >= 4 is 29.1 Å². The molecule has 1 aliphatic rings. The molecule has 1 saturated heterocycles. The van der Waals surface area contributed by atoms with Gasteiger partial charge in [0, 0.05) is 18.8 Å². The number of anilines is 2. The zero-order chi connectivity index (χ0) is 13.1. The molecule has 1 atom stereocenters. The van der Waals surface area contributed by atoms with Gasteiger partial charge in [0.05, 0.1) is 4.92 Å². The number of nitrogens with two attached hydrogens (primary N) is 1. The molecule has 18 heavy (non-hydrogen) atoms. The second-order valence-corrected chi connectivity index (χ2v) is 5.07. The highest BCUT2D eigenvalue weighted by molar-refractivity contribution is 7.99. The number of rotatable bonds is 4. The van der Waals surface area contributed by atoms with Crippen molar-refractivity contribution < 1.29 is 4.92 Å². The summed E-state index contributed by atoms with van der Waals surface area (Å²) in [6.45, 7) is 0. The van der Waals surface area contributed by atoms with Gasteiger partial charge in [-0.05, 0) is 12.2 Å². The predicted octanol–water partition coefficient (Wildman–Crippen LogP) is 0.612. The third-order valence-corrected chi connectivity index (χ3v) is 4.05. The topological polar surface area (TPSA) is 110 Å². The molecule has 8 nitrogen and oxygen atoms in total. The van der Waals surface area contributed by atoms with E-state index in [9.17, 15) is 10.1 Å². The van der Waals surface area contributed by atoms with E-state index in [2.05, 4.69) is 15.4 Å². The Balaban J connectivity index is 2.39. The van der Waals surface area contributed by atoms with Gasteiger partial charge in [-0.2, -0.15) is 11.8 Å². The fourth-order valence-corrected chi connectivity index (χ4v) is 3.17. The van der Waals surface area contributed by atoms with Crippen LogP contribution in [0.4, 0.5) is 17.3 Å². The molecule has 2 rings (SSSR count). The maximum Gasteiger partial charge on any atom is 0.354 e. The number of nitrogens with zero attached hydrogens (tertiary/aromatic N) is 4. The molecular weight excluding hydrogens is 256 g/mol. The van der Waals surface area contributed by atoms with Gasteiger partial charge in [-0.1, -0.05) is 0 Å². The van der Waals surface area contributed by atoms with E-state index in [1.54, 1.807) is 0 Å². The fraction of sp³-hybridized carbons (Fsp3) is 0.556. The first-order valence-electron chi connectivity index (χ1n) is 5.41. The zero-order valence-corrected chi connectivity index (χ0v) is 10.7. The van der Waals surface area contributed by atoms with Crippen molar-refractivity contribution in [1.82, 2.24) is 9.97 Å². The molecule has 0 bridgehead atoms. The van der Waals surface area contributed by atoms with Crippen LogP contribution in [0, 0.1) is 10.1 Å². The van der Waals surface area contributed by atoms with Crippen LogP contribution in [0.1, 0.15) is 6.42 Å². The highest BCUT2D eigenvalue weighted by atomic mass is 32.2. The molecule has 2 heterocycles. The minimum absolute atomic E-state index is 0.0301. The van der Waals surface area contributed by atoms with Crippen LogP contribution in [0.25, 0.3) is 0 Å². The summed E-state index contributed by atoms with van der Waals surface area (Å²) in [4.78, 5) is 20.2. The van der Waals surface area contributed by atoms with E-state index in [1.807, 2.05) is 23.7 Å². The van der Waals surface area contributed by atoms with E-state index in [-0.39, 0.29) is 17.5 Å². The van der Waals surface area contributed by atoms with E-state index in [4.69, 9.17) is 5.84 Å². The highest BCUT2D eigenvalue weighted by Crippen LogP contribution is 2.34. The quantitative estimate of drug-likeness (QED) is 0.465. The first kappa shape index (κ1) is 12.8. The van der Waals surface area contributed by atoms with Crippen LogP contribution < -0.4 is 16.2 Å². The first-order valence-corrected chi connectivity index (χ1v) is 6.57. The van der Waals surface area contributed by atoms with Crippen LogP contribution >= 0.6 is 11.8 Å². The molecule has 1 fully saturated rings. The lowest BCUT2D eigenvalue weighted by Gasteiger charge is -2.24. The van der Waals surface area contributed by atoms with E-state index < -0.39 is 4.92 Å². The smallest absolute Gasteiger partial charge is 0.350 e. The molecule has 0 aliphatic carbocycles. The van der Waals surface area contributed by atoms with Crippen LogP contribution in [0.3, 0.4) is 0 Å². The Bertz CT molecular complexity index is 451. The molecule has 1 aromatic rings. The third-order valence-electron chi connectivity index (χ3n) is 2.91. The predicted molar refractivity (Wildman–Crippen MR) is 70.6 cm³/mol. The van der Waals surface area contributed by atoms with Crippen LogP contribution in [-0.4, -0.2) is 39.5 Å². The van der Waals surface area contributed by atoms with Crippen LogP contribution in [0.5, 0.6) is 0 Å². The number of aromatic nitrogens is 2. The third kappa shape index (κ3) is 2.31. The maximum absolute atomic E-state index is 11.1. The van der Waals surface area contributed by atoms with Gasteiger partial charge in [0.15, 0.2) is 0 Å². The van der Waals surface area contributed by atoms with Crippen LogP contribution in [0.2, 0.25) is 0 Å². The Morgan fingerprint density at radius 3 is 3.00 bits per heavy atom. The van der Waals surface area contributed by atoms with E-state index in [0.717, 1.165) is 17.9 Å². The number of nitro groups is 1. The average molecular weight is 270 g/mol. The molecule has 0 aromatic carbocycles. The molecule has 0 radical (unpaired) electrons. The second-order valence-electron chi connectivity index (χ2n) is 3.92. The van der Waals surface area contributed by atoms with Gasteiger partial charge in [0.25, 0.3) is 0 Å². The fourth-order valence-electron chi connectivity index (χ4n) is 1.90. The second kappa shape index (κ2) is 5.36. The van der Waals surface area contributed by atoms with Gasteiger partial charge < -0.3 is 10.3 Å². The number of hydrogen-bond donors (Lipinski definition) is 2. The molecule has 0 saturated carbocycles. The Morgan fingerprint density at radius 1 is 1.67 bits per heavy atom. The molecule has 1 unspecified atom stereocenters. The summed E-state index contributed by atoms with van der Waals surface area (Å²) in [5.41, 5.74) is 2.06. The largest absolute Gasteiger partial charge is 0.354 e. The van der Waals surface area contributed by atoms with Crippen LogP contribution in [-0.2, 0) is 0 Å². The standard InChI is InChI=1S/C9H14N6O2S/c1-14(6-2-3-18-4-6)9-7(15(16)17)8(13-10)11-5-12-9/h5-6H,2-4,10H2,1H3,(H,11,12,13). The van der Waals surface area contributed by atoms with Crippen molar-refractivity contribution in [3.05, 3.63) is 16.4 Å². The van der Waals surface area contributed by atoms with Gasteiger partial charge in [0.2, 0.25) is 11.6 Å². The number of hydrogen-bond acceptors (Lipinski definition) is 8. The number of nitrogen functional groups attached to an aromatic ring is 1. The Hall–Kier alpha value is -1.61. The van der Waals surface area contributed by atoms with Crippen molar-refractivity contribution in [2.45, 2.75) is 12.5 Å². The lowest BCUT2D eigenvalue weighted by Crippen LogP contribution is -2.32. The summed E-state index contributed by atoms with van der Waals surface area (Å²) in [6.07, 6.45) is 2.27. The summed E-state index contributed by atoms with van der Waals surface area (Å²) < 4.78 is 0. The lowest BCUT2D eigenvalue weighted by molar-refractivity contribution is -0.383. The minimum Gasteiger partial charge on any atom is -0.350 e. The summed E-state index contributed by atoms with van der Waals surface area (Å²) in [6, 6.07) is 0.259. The van der Waals surface area contributed by atoms with Gasteiger partial charge in [-0.15, -0.1) is 0 Å². The summed E-state index contributed by atoms with van der Waals surface area (Å²) >= 11 is 1.83. The summed E-state index contributed by atoms with van der Waals surface area (Å²) in [5.74, 6) is 7.59. The normalized spacial score (nSPS) is 18.7. The number of thioether (sulfide) groups is 1. The average Bonchev–Trinajstić information content (AvgIpc) is 2.90. The first-order chi connectivity index (χ1) is 8.65. The number of hydrazine groups is 1. The van der Waals surface area contributed by atoms with E-state index >= 15 is 0 Å². The molecule has 1 aromatic heterocycles. The molecule has 3 N–H and O–H groups in total. The lowest BCUT2D eigenvalue weighted by atomic mass is 10.2. The molecule has 9 heteroatoms. The highest BCUT2D eigenvalue weighted by Gasteiger charge is 2.30. The van der Waals surface area contributed by atoms with Gasteiger partial charge in [-0.3, -0.25) is 10.1 Å². The van der Waals surface area contributed by atoms with Crippen molar-refractivity contribution in [3.8, 4) is 0 Å². The zero-order valence-electron chi connectivity index (χ0n) is 9.87. The molecule has 98 valence electrons. The minimum atomic E-state index is -0.511. The Kier molecular flexibility index (Phi) is 3.82. The SMILES string of the molecule is CN(c1ncnc(NN)c1[N+](=O)[O-])C1CCSC1. The number of nitrogens with one attached hydrogen (secondary N) is 1. The monoisotopic (exact) mass is 270 g/mol. The van der Waals surface area contributed by atoms with Gasteiger partial charge in [-0.25, -0.2) is 15.8 Å². The van der Waals surface area contributed by atoms with Crippen LogP contribution in [0.15, 0.2) is 6.33 Å².